The Balaban J connectivity index is 1.74. The summed E-state index contributed by atoms with van der Waals surface area (Å²) in [7, 11) is 0. The summed E-state index contributed by atoms with van der Waals surface area (Å²) in [6.07, 6.45) is 1.39. The molecule has 3 aromatic rings. The van der Waals surface area contributed by atoms with E-state index in [1.807, 2.05) is 0 Å². The number of nitrogens with zero attached hydrogens (tertiary/aromatic N) is 2. The van der Waals surface area contributed by atoms with Crippen LogP contribution in [0.4, 0.5) is 8.78 Å². The van der Waals surface area contributed by atoms with Gasteiger partial charge in [0.2, 0.25) is 5.91 Å². The fourth-order valence-electron chi connectivity index (χ4n) is 4.34. The number of phenolic OH excluding ortho intramolecular Hbond substituents is 1. The minimum atomic E-state index is -0.677. The molecule has 6 nitrogen and oxygen atoms in total. The molecule has 3 aromatic carbocycles. The molecule has 0 radical (unpaired) electrons. The number of carbonyl (C=O) groups is 1. The van der Waals surface area contributed by atoms with Crippen LogP contribution in [0.2, 0.25) is 5.02 Å². The molecule has 37 heavy (non-hydrogen) atoms. The molecule has 0 spiro atoms. The number of benzene rings is 3. The number of nitrogens with one attached hydrogen (secondary N) is 2. The highest BCUT2D eigenvalue weighted by molar-refractivity contribution is 6.34. The van der Waals surface area contributed by atoms with Crippen molar-refractivity contribution in [2.24, 2.45) is 0 Å². The van der Waals surface area contributed by atoms with Gasteiger partial charge in [-0.1, -0.05) is 36.4 Å². The molecule has 1 heterocycles. The molecule has 0 saturated carbocycles. The number of amides is 1. The number of hydrogen-bond donors (Lipinski definition) is 3. The number of amidine groups is 1. The third-order valence-electron chi connectivity index (χ3n) is 6.32. The zero-order chi connectivity index (χ0) is 26.7. The third-order valence-corrected chi connectivity index (χ3v) is 6.64. The van der Waals surface area contributed by atoms with Crippen molar-refractivity contribution in [1.82, 2.24) is 9.80 Å². The van der Waals surface area contributed by atoms with Gasteiger partial charge in [0.25, 0.3) is 0 Å². The first-order valence-electron chi connectivity index (χ1n) is 11.6. The molecule has 0 aromatic heterocycles. The number of aromatic hydroxyl groups is 1. The first-order valence-corrected chi connectivity index (χ1v) is 12.0. The Bertz CT molecular complexity index is 1360. The Labute approximate surface area is 218 Å². The zero-order valence-corrected chi connectivity index (χ0v) is 20.7. The molecule has 1 saturated heterocycles. The lowest BCUT2D eigenvalue weighted by Gasteiger charge is -2.36. The molecule has 9 heteroatoms. The highest BCUT2D eigenvalue weighted by atomic mass is 35.5. The Hall–Kier alpha value is -4.04. The quantitative estimate of drug-likeness (QED) is 0.234. The van der Waals surface area contributed by atoms with Crippen LogP contribution in [-0.2, 0) is 11.2 Å². The summed E-state index contributed by atoms with van der Waals surface area (Å²) >= 11 is 6.56. The summed E-state index contributed by atoms with van der Waals surface area (Å²) in [6.45, 7) is 5.13. The number of halogens is 3. The Morgan fingerprint density at radius 3 is 2.27 bits per heavy atom. The molecule has 190 valence electrons. The molecule has 0 bridgehead atoms. The van der Waals surface area contributed by atoms with Crippen LogP contribution in [0.3, 0.4) is 0 Å². The molecule has 4 rings (SSSR count). The summed E-state index contributed by atoms with van der Waals surface area (Å²) in [5, 5.41) is 28.2. The predicted molar refractivity (Wildman–Crippen MR) is 141 cm³/mol. The van der Waals surface area contributed by atoms with Crippen LogP contribution in [0.25, 0.3) is 11.1 Å². The van der Waals surface area contributed by atoms with Crippen LogP contribution < -0.4 is 0 Å². The van der Waals surface area contributed by atoms with E-state index in [4.69, 9.17) is 22.4 Å². The van der Waals surface area contributed by atoms with Crippen molar-refractivity contribution in [1.29, 1.82) is 10.8 Å². The van der Waals surface area contributed by atoms with Crippen molar-refractivity contribution in [3.8, 4) is 16.9 Å². The molecule has 0 unspecified atom stereocenters. The third kappa shape index (κ3) is 5.54. The van der Waals surface area contributed by atoms with E-state index in [9.17, 15) is 18.7 Å². The van der Waals surface area contributed by atoms with E-state index in [-0.39, 0.29) is 45.8 Å². The van der Waals surface area contributed by atoms with Gasteiger partial charge >= 0.3 is 0 Å². The van der Waals surface area contributed by atoms with E-state index in [1.54, 1.807) is 21.9 Å². The Morgan fingerprint density at radius 1 is 1.00 bits per heavy atom. The van der Waals surface area contributed by atoms with Crippen molar-refractivity contribution in [3.05, 3.63) is 101 Å². The summed E-state index contributed by atoms with van der Waals surface area (Å²) in [5.41, 5.74) is 1.58. The molecule has 3 N–H and O–H groups in total. The van der Waals surface area contributed by atoms with Crippen LogP contribution in [0.15, 0.2) is 67.3 Å². The molecule has 1 fully saturated rings. The fraction of sp³-hybridized carbons (Fsp3) is 0.179. The first-order chi connectivity index (χ1) is 17.7. The standard InChI is InChI=1S/C28H25ClF2N4O2/c1-2-26(37)34-10-12-35(13-11-34)28(33)20-16-22(29)21(27-23(31)4-3-5-25(27)36)15-19(20)24(32)14-17-6-8-18(30)9-7-17/h2-9,15-16,32-33,36H,1,10-14H2. The van der Waals surface area contributed by atoms with E-state index >= 15 is 0 Å². The lowest BCUT2D eigenvalue weighted by atomic mass is 9.92. The molecule has 0 atom stereocenters. The molecule has 1 amide bonds. The molecule has 0 aliphatic carbocycles. The zero-order valence-electron chi connectivity index (χ0n) is 19.9. The predicted octanol–water partition coefficient (Wildman–Crippen LogP) is 5.26. The molecular formula is C28H25ClF2N4O2. The van der Waals surface area contributed by atoms with E-state index < -0.39 is 11.6 Å². The summed E-state index contributed by atoms with van der Waals surface area (Å²) in [5.74, 6) is -1.44. The highest BCUT2D eigenvalue weighted by Gasteiger charge is 2.26. The SMILES string of the molecule is C=CC(=O)N1CCN(C(=N)c2cc(Cl)c(-c3c(O)cccc3F)cc2C(=N)Cc2ccc(F)cc2)CC1. The topological polar surface area (TPSA) is 91.5 Å². The van der Waals surface area contributed by atoms with Crippen molar-refractivity contribution in [2.45, 2.75) is 6.42 Å². The minimum absolute atomic E-state index is 0.0991. The van der Waals surface area contributed by atoms with Crippen molar-refractivity contribution in [2.75, 3.05) is 26.2 Å². The monoisotopic (exact) mass is 522 g/mol. The van der Waals surface area contributed by atoms with Gasteiger partial charge in [-0.3, -0.25) is 10.2 Å². The van der Waals surface area contributed by atoms with Gasteiger partial charge in [0, 0.05) is 60.0 Å². The van der Waals surface area contributed by atoms with Gasteiger partial charge in [0.15, 0.2) is 0 Å². The van der Waals surface area contributed by atoms with E-state index in [0.29, 0.717) is 42.9 Å². The van der Waals surface area contributed by atoms with Gasteiger partial charge in [0.05, 0.1) is 5.56 Å². The number of rotatable bonds is 6. The maximum Gasteiger partial charge on any atom is 0.246 e. The van der Waals surface area contributed by atoms with Gasteiger partial charge in [-0.05, 0) is 48.0 Å². The second-order valence-corrected chi connectivity index (χ2v) is 9.07. The number of piperazine rings is 1. The van der Waals surface area contributed by atoms with Crippen molar-refractivity contribution >= 4 is 29.1 Å². The largest absolute Gasteiger partial charge is 0.507 e. The average molecular weight is 523 g/mol. The summed E-state index contributed by atoms with van der Waals surface area (Å²) < 4.78 is 28.1. The van der Waals surface area contributed by atoms with Gasteiger partial charge in [0.1, 0.15) is 23.2 Å². The van der Waals surface area contributed by atoms with Crippen LogP contribution >= 0.6 is 11.6 Å². The minimum Gasteiger partial charge on any atom is -0.507 e. The smallest absolute Gasteiger partial charge is 0.246 e. The fourth-order valence-corrected chi connectivity index (χ4v) is 4.60. The number of carbonyl (C=O) groups excluding carboxylic acids is 1. The number of hydrogen-bond acceptors (Lipinski definition) is 4. The maximum atomic E-state index is 14.7. The van der Waals surface area contributed by atoms with Crippen LogP contribution in [-0.4, -0.2) is 58.5 Å². The maximum absolute atomic E-state index is 14.7. The summed E-state index contributed by atoms with van der Waals surface area (Å²) in [4.78, 5) is 15.4. The Kier molecular flexibility index (Phi) is 7.69. The Morgan fingerprint density at radius 2 is 1.65 bits per heavy atom. The van der Waals surface area contributed by atoms with Gasteiger partial charge in [-0.15, -0.1) is 0 Å². The highest BCUT2D eigenvalue weighted by Crippen LogP contribution is 2.38. The lowest BCUT2D eigenvalue weighted by molar-refractivity contribution is -0.127. The second kappa shape index (κ2) is 10.9. The second-order valence-electron chi connectivity index (χ2n) is 8.66. The number of phenols is 1. The van der Waals surface area contributed by atoms with Gasteiger partial charge in [-0.2, -0.15) is 0 Å². The first kappa shape index (κ1) is 26.0. The average Bonchev–Trinajstić information content (AvgIpc) is 2.89. The van der Waals surface area contributed by atoms with Crippen molar-refractivity contribution < 1.29 is 18.7 Å². The van der Waals surface area contributed by atoms with Gasteiger partial charge < -0.3 is 20.3 Å². The normalized spacial score (nSPS) is 13.4. The van der Waals surface area contributed by atoms with Crippen LogP contribution in [0.1, 0.15) is 16.7 Å². The lowest BCUT2D eigenvalue weighted by Crippen LogP contribution is -2.50. The molecular weight excluding hydrogens is 498 g/mol. The molecule has 1 aliphatic rings. The van der Waals surface area contributed by atoms with E-state index in [1.165, 1.54) is 48.5 Å². The molecule has 1 aliphatic heterocycles. The van der Waals surface area contributed by atoms with E-state index in [0.717, 1.165) is 0 Å². The van der Waals surface area contributed by atoms with Crippen LogP contribution in [0.5, 0.6) is 5.75 Å². The summed E-state index contributed by atoms with van der Waals surface area (Å²) in [6, 6.07) is 12.7. The van der Waals surface area contributed by atoms with E-state index in [2.05, 4.69) is 6.58 Å². The van der Waals surface area contributed by atoms with Gasteiger partial charge in [-0.25, -0.2) is 8.78 Å². The van der Waals surface area contributed by atoms with Crippen LogP contribution in [0, 0.1) is 22.5 Å². The van der Waals surface area contributed by atoms with Crippen molar-refractivity contribution in [3.63, 3.8) is 0 Å².